The van der Waals surface area contributed by atoms with Crippen molar-refractivity contribution in [1.29, 1.82) is 0 Å². The van der Waals surface area contributed by atoms with E-state index in [2.05, 4.69) is 0 Å². The normalized spacial score (nSPS) is 0. The maximum atomic E-state index is 0. The van der Waals surface area contributed by atoms with Gasteiger partial charge in [-0.1, -0.05) is 0 Å². The van der Waals surface area contributed by atoms with E-state index in [4.69, 9.17) is 0 Å². The van der Waals surface area contributed by atoms with E-state index in [9.17, 15) is 0 Å². The Morgan fingerprint density at radius 3 is 0.600 bits per heavy atom. The van der Waals surface area contributed by atoms with Gasteiger partial charge in [0, 0.05) is 0 Å². The molecule has 0 saturated carbocycles. The summed E-state index contributed by atoms with van der Waals surface area (Å²) < 4.78 is 0. The van der Waals surface area contributed by atoms with Gasteiger partial charge >= 0.3 is 151 Å². The van der Waals surface area contributed by atoms with E-state index >= 15 is 0 Å². The van der Waals surface area contributed by atoms with Crippen LogP contribution in [0.5, 0.6) is 0 Å². The molecule has 10 heavy (non-hydrogen) atoms. The Morgan fingerprint density at radius 1 is 0.600 bits per heavy atom. The molecule has 0 fully saturated rings. The molecule has 0 amide bonds. The first-order valence-corrected chi connectivity index (χ1v) is 0. The molecule has 0 atom stereocenters. The van der Waals surface area contributed by atoms with E-state index < -0.39 is 0 Å². The molecular formula is AlBaF5LaNaZn+6. The summed E-state index contributed by atoms with van der Waals surface area (Å²) in [5.41, 5.74) is 0. The van der Waals surface area contributed by atoms with Gasteiger partial charge in [-0.25, -0.2) is 0 Å². The van der Waals surface area contributed by atoms with E-state index in [1.807, 2.05) is 0 Å². The molecule has 10 heteroatoms. The molecular weight excluding hydrogens is 487 g/mol. The molecule has 0 unspecified atom stereocenters. The molecule has 0 spiro atoms. The number of halogens is 5. The Morgan fingerprint density at radius 2 is 0.600 bits per heavy atom. The maximum Gasteiger partial charge on any atom is 3.00 e. The molecule has 0 rings (SSSR count). The zero-order valence-electron chi connectivity index (χ0n) is 5.46. The Labute approximate surface area is 170 Å². The molecule has 0 heterocycles. The van der Waals surface area contributed by atoms with Crippen LogP contribution in [0.2, 0.25) is 0 Å². The van der Waals surface area contributed by atoms with Crippen LogP contribution in [0.15, 0.2) is 0 Å². The van der Waals surface area contributed by atoms with Crippen LogP contribution in [0, 0.1) is 35.6 Å². The average Bonchev–Trinajstić information content (AvgIpc) is 0. The second-order valence-corrected chi connectivity index (χ2v) is 0. The van der Waals surface area contributed by atoms with E-state index in [1.54, 1.807) is 0 Å². The zero-order chi connectivity index (χ0) is 0. The maximum absolute atomic E-state index is 0. The van der Waals surface area contributed by atoms with Gasteiger partial charge in [0.1, 0.15) is 0 Å². The van der Waals surface area contributed by atoms with Gasteiger partial charge in [0.05, 0.1) is 0 Å². The van der Waals surface area contributed by atoms with Gasteiger partial charge in [-0.05, 0) is 0 Å². The largest absolute Gasteiger partial charge is 3.00 e. The molecule has 0 aromatic heterocycles. The van der Waals surface area contributed by atoms with Gasteiger partial charge in [0.15, 0.2) is 0 Å². The van der Waals surface area contributed by atoms with Gasteiger partial charge in [-0.3, -0.25) is 0 Å². The van der Waals surface area contributed by atoms with E-state index in [0.29, 0.717) is 0 Å². The van der Waals surface area contributed by atoms with E-state index in [1.165, 1.54) is 0 Å². The van der Waals surface area contributed by atoms with Crippen molar-refractivity contribution in [3.05, 3.63) is 0 Å². The fraction of sp³-hybridized carbons (Fsp3) is 0. The third-order valence-electron chi connectivity index (χ3n) is 0. The smallest absolute Gasteiger partial charge is 1.00 e. The fourth-order valence-corrected chi connectivity index (χ4v) is 0. The monoisotopic (exact) mass is 486 g/mol. The van der Waals surface area contributed by atoms with Gasteiger partial charge in [-0.15, -0.1) is 0 Å². The molecule has 0 aliphatic heterocycles. The summed E-state index contributed by atoms with van der Waals surface area (Å²) in [4.78, 5) is 0. The standard InChI is InChI=1S/Al.Ba.5FH.La.Na.Zn/h;;5*1H;;;/q+3;+2;;;;;;+3;+1;+2/p-5. The summed E-state index contributed by atoms with van der Waals surface area (Å²) in [6.07, 6.45) is 0. The zero-order valence-corrected chi connectivity index (χ0v) is 19.6. The SMILES string of the molecule is [Al+3].[Ba+2].[F-].[F-].[F-].[F-].[F-].[La+3].[Na+].[Zn+2]. The number of hydrogen-bond acceptors (Lipinski definition) is 0. The van der Waals surface area contributed by atoms with Gasteiger partial charge in [-0.2, -0.15) is 0 Å². The summed E-state index contributed by atoms with van der Waals surface area (Å²) >= 11 is 0. The molecule has 40 valence electrons. The first kappa shape index (κ1) is 128. The molecule has 0 aromatic carbocycles. The predicted molar refractivity (Wildman–Crippen MR) is 11.5 cm³/mol. The minimum absolute atomic E-state index is 0. The van der Waals surface area contributed by atoms with Crippen LogP contribution in [0.25, 0.3) is 0 Å². The molecule has 0 radical (unpaired) electrons. The molecule has 0 aliphatic rings. The second kappa shape index (κ2) is 103. The van der Waals surface area contributed by atoms with Crippen molar-refractivity contribution in [3.63, 3.8) is 0 Å². The van der Waals surface area contributed by atoms with Crippen molar-refractivity contribution >= 4 is 66.2 Å². The van der Waals surface area contributed by atoms with E-state index in [0.717, 1.165) is 0 Å². The van der Waals surface area contributed by atoms with Crippen molar-refractivity contribution in [1.82, 2.24) is 0 Å². The topological polar surface area (TPSA) is 0 Å². The average molecular weight is 487 g/mol. The predicted octanol–water partition coefficient (Wildman–Crippen LogP) is -18.7. The first-order valence-electron chi connectivity index (χ1n) is 0. The summed E-state index contributed by atoms with van der Waals surface area (Å²) in [6, 6.07) is 0. The third-order valence-corrected chi connectivity index (χ3v) is 0. The summed E-state index contributed by atoms with van der Waals surface area (Å²) in [7, 11) is 0. The second-order valence-electron chi connectivity index (χ2n) is 0. The fourth-order valence-electron chi connectivity index (χ4n) is 0. The third kappa shape index (κ3) is 80.5. The van der Waals surface area contributed by atoms with Crippen molar-refractivity contribution in [2.24, 2.45) is 0 Å². The van der Waals surface area contributed by atoms with Crippen molar-refractivity contribution in [2.75, 3.05) is 0 Å². The van der Waals surface area contributed by atoms with Gasteiger partial charge < -0.3 is 23.5 Å². The van der Waals surface area contributed by atoms with E-state index in [-0.39, 0.29) is 174 Å². The summed E-state index contributed by atoms with van der Waals surface area (Å²) in [5.74, 6) is 0. The number of rotatable bonds is 0. The van der Waals surface area contributed by atoms with Crippen LogP contribution in [0.4, 0.5) is 0 Å². The number of hydrogen-bond donors (Lipinski definition) is 0. The molecule has 0 aliphatic carbocycles. The summed E-state index contributed by atoms with van der Waals surface area (Å²) in [5, 5.41) is 0. The van der Waals surface area contributed by atoms with Crippen LogP contribution >= 0.6 is 0 Å². The summed E-state index contributed by atoms with van der Waals surface area (Å²) in [6.45, 7) is 0. The molecule has 0 aromatic rings. The van der Waals surface area contributed by atoms with Gasteiger partial charge in [0.25, 0.3) is 0 Å². The molecule has 0 saturated heterocycles. The van der Waals surface area contributed by atoms with Crippen molar-refractivity contribution in [2.45, 2.75) is 0 Å². The first-order chi connectivity index (χ1) is 0. The quantitative estimate of drug-likeness (QED) is 0.236. The van der Waals surface area contributed by atoms with Crippen LogP contribution < -0.4 is 53.1 Å². The minimum atomic E-state index is 0. The van der Waals surface area contributed by atoms with Crippen LogP contribution in [-0.2, 0) is 19.5 Å². The Bertz CT molecular complexity index is 21.6. The van der Waals surface area contributed by atoms with Gasteiger partial charge in [0.2, 0.25) is 0 Å². The van der Waals surface area contributed by atoms with Crippen LogP contribution in [0.3, 0.4) is 0 Å². The molecule has 0 N–H and O–H groups in total. The minimum Gasteiger partial charge on any atom is -1.00 e. The Hall–Kier alpha value is 4.57. The molecule has 0 nitrogen and oxygen atoms in total. The van der Waals surface area contributed by atoms with Crippen molar-refractivity contribution in [3.8, 4) is 0 Å². The van der Waals surface area contributed by atoms with Crippen LogP contribution in [0.1, 0.15) is 0 Å². The van der Waals surface area contributed by atoms with Crippen LogP contribution in [-0.4, -0.2) is 66.2 Å². The molecule has 0 bridgehead atoms. The Balaban J connectivity index is 0. The van der Waals surface area contributed by atoms with Crippen molar-refractivity contribution < 1.29 is 108 Å². The Kier molecular flexibility index (Phi) is 1320.